The normalized spacial score (nSPS) is 10.6. The predicted octanol–water partition coefficient (Wildman–Crippen LogP) is 4.95. The van der Waals surface area contributed by atoms with Crippen molar-refractivity contribution in [3.05, 3.63) is 101 Å². The Morgan fingerprint density at radius 2 is 1.61 bits per heavy atom. The summed E-state index contributed by atoms with van der Waals surface area (Å²) in [6.45, 7) is 0. The maximum atomic E-state index is 13.6. The number of esters is 1. The SMILES string of the molecule is COc1cccc(C(=O)Oc2ccc(C(=O)/C=C/c3ccccc3F)cc2)c1. The number of hydrogen-bond donors (Lipinski definition) is 0. The summed E-state index contributed by atoms with van der Waals surface area (Å²) in [7, 11) is 1.51. The van der Waals surface area contributed by atoms with E-state index in [0.717, 1.165) is 0 Å². The fourth-order valence-corrected chi connectivity index (χ4v) is 2.48. The van der Waals surface area contributed by atoms with Gasteiger partial charge < -0.3 is 9.47 Å². The van der Waals surface area contributed by atoms with Crippen molar-refractivity contribution in [2.75, 3.05) is 7.11 Å². The molecule has 0 aliphatic carbocycles. The minimum absolute atomic E-state index is 0.283. The third-order valence-electron chi connectivity index (χ3n) is 3.97. The first-order chi connectivity index (χ1) is 13.6. The molecule has 5 heteroatoms. The molecular weight excluding hydrogens is 359 g/mol. The van der Waals surface area contributed by atoms with Crippen molar-refractivity contribution in [3.63, 3.8) is 0 Å². The molecule has 28 heavy (non-hydrogen) atoms. The molecule has 0 saturated heterocycles. The molecule has 0 heterocycles. The van der Waals surface area contributed by atoms with Crippen LogP contribution in [-0.2, 0) is 0 Å². The minimum atomic E-state index is -0.530. The first-order valence-corrected chi connectivity index (χ1v) is 8.50. The van der Waals surface area contributed by atoms with Crippen LogP contribution in [0.1, 0.15) is 26.3 Å². The topological polar surface area (TPSA) is 52.6 Å². The number of allylic oxidation sites excluding steroid dienone is 1. The van der Waals surface area contributed by atoms with E-state index in [4.69, 9.17) is 9.47 Å². The molecule has 0 N–H and O–H groups in total. The fraction of sp³-hybridized carbons (Fsp3) is 0.0435. The van der Waals surface area contributed by atoms with Gasteiger partial charge in [-0.1, -0.05) is 24.3 Å². The Bertz CT molecular complexity index is 1020. The van der Waals surface area contributed by atoms with Gasteiger partial charge >= 0.3 is 5.97 Å². The fourth-order valence-electron chi connectivity index (χ4n) is 2.48. The van der Waals surface area contributed by atoms with Crippen molar-refractivity contribution < 1.29 is 23.5 Å². The summed E-state index contributed by atoms with van der Waals surface area (Å²) < 4.78 is 24.0. The minimum Gasteiger partial charge on any atom is -0.497 e. The number of benzene rings is 3. The van der Waals surface area contributed by atoms with E-state index in [1.54, 1.807) is 54.6 Å². The lowest BCUT2D eigenvalue weighted by Gasteiger charge is -2.06. The third-order valence-corrected chi connectivity index (χ3v) is 3.97. The highest BCUT2D eigenvalue weighted by molar-refractivity contribution is 6.06. The molecule has 0 spiro atoms. The van der Waals surface area contributed by atoms with Gasteiger partial charge in [-0.15, -0.1) is 0 Å². The molecule has 0 atom stereocenters. The van der Waals surface area contributed by atoms with Crippen LogP contribution >= 0.6 is 0 Å². The number of ketones is 1. The van der Waals surface area contributed by atoms with E-state index in [-0.39, 0.29) is 5.78 Å². The maximum Gasteiger partial charge on any atom is 0.343 e. The molecule has 3 aromatic carbocycles. The first kappa shape index (κ1) is 19.0. The number of methoxy groups -OCH3 is 1. The third kappa shape index (κ3) is 4.71. The number of rotatable bonds is 6. The molecule has 0 aliphatic rings. The van der Waals surface area contributed by atoms with E-state index < -0.39 is 11.8 Å². The second-order valence-electron chi connectivity index (χ2n) is 5.86. The van der Waals surface area contributed by atoms with E-state index in [2.05, 4.69) is 0 Å². The van der Waals surface area contributed by atoms with E-state index >= 15 is 0 Å². The molecule has 3 aromatic rings. The van der Waals surface area contributed by atoms with Gasteiger partial charge in [-0.2, -0.15) is 0 Å². The van der Waals surface area contributed by atoms with Crippen LogP contribution in [0.5, 0.6) is 11.5 Å². The van der Waals surface area contributed by atoms with Gasteiger partial charge in [-0.3, -0.25) is 4.79 Å². The number of halogens is 1. The lowest BCUT2D eigenvalue weighted by atomic mass is 10.1. The van der Waals surface area contributed by atoms with Crippen molar-refractivity contribution in [3.8, 4) is 11.5 Å². The van der Waals surface area contributed by atoms with Gasteiger partial charge in [0.1, 0.15) is 17.3 Å². The van der Waals surface area contributed by atoms with Crippen molar-refractivity contribution in [1.82, 2.24) is 0 Å². The summed E-state index contributed by atoms with van der Waals surface area (Å²) >= 11 is 0. The van der Waals surface area contributed by atoms with Gasteiger partial charge in [0.2, 0.25) is 0 Å². The Kier molecular flexibility index (Phi) is 5.97. The van der Waals surface area contributed by atoms with Crippen LogP contribution in [0.2, 0.25) is 0 Å². The Labute approximate surface area is 161 Å². The Morgan fingerprint density at radius 3 is 2.32 bits per heavy atom. The van der Waals surface area contributed by atoms with Gasteiger partial charge in [0.15, 0.2) is 5.78 Å². The summed E-state index contributed by atoms with van der Waals surface area (Å²) in [5, 5.41) is 0. The van der Waals surface area contributed by atoms with Gasteiger partial charge in [0.25, 0.3) is 0 Å². The molecule has 0 amide bonds. The average molecular weight is 376 g/mol. The van der Waals surface area contributed by atoms with Crippen LogP contribution in [0.4, 0.5) is 4.39 Å². The molecule has 4 nitrogen and oxygen atoms in total. The van der Waals surface area contributed by atoms with Crippen molar-refractivity contribution >= 4 is 17.8 Å². The van der Waals surface area contributed by atoms with Crippen LogP contribution in [-0.4, -0.2) is 18.9 Å². The summed E-state index contributed by atoms with van der Waals surface area (Å²) in [6, 6.07) is 19.0. The maximum absolute atomic E-state index is 13.6. The highest BCUT2D eigenvalue weighted by atomic mass is 19.1. The number of hydrogen-bond acceptors (Lipinski definition) is 4. The zero-order valence-corrected chi connectivity index (χ0v) is 15.1. The molecule has 0 bridgehead atoms. The zero-order chi connectivity index (χ0) is 19.9. The second kappa shape index (κ2) is 8.77. The Morgan fingerprint density at radius 1 is 0.857 bits per heavy atom. The average Bonchev–Trinajstić information content (AvgIpc) is 2.73. The van der Waals surface area contributed by atoms with Crippen LogP contribution < -0.4 is 9.47 Å². The highest BCUT2D eigenvalue weighted by Gasteiger charge is 2.10. The van der Waals surface area contributed by atoms with Gasteiger partial charge in [0.05, 0.1) is 12.7 Å². The van der Waals surface area contributed by atoms with Crippen molar-refractivity contribution in [2.24, 2.45) is 0 Å². The molecule has 0 aliphatic heterocycles. The van der Waals surface area contributed by atoms with Crippen molar-refractivity contribution in [1.29, 1.82) is 0 Å². The molecule has 0 saturated carbocycles. The Balaban J connectivity index is 1.66. The Hall–Kier alpha value is -3.73. The van der Waals surface area contributed by atoms with Crippen molar-refractivity contribution in [2.45, 2.75) is 0 Å². The molecule has 0 aromatic heterocycles. The number of carbonyl (C=O) groups is 2. The summed E-state index contributed by atoms with van der Waals surface area (Å²) in [6.07, 6.45) is 2.73. The summed E-state index contributed by atoms with van der Waals surface area (Å²) in [4.78, 5) is 24.4. The van der Waals surface area contributed by atoms with Crippen LogP contribution in [0.15, 0.2) is 78.9 Å². The van der Waals surface area contributed by atoms with E-state index in [1.807, 2.05) is 0 Å². The lowest BCUT2D eigenvalue weighted by Crippen LogP contribution is -2.08. The smallest absolute Gasteiger partial charge is 0.343 e. The number of carbonyl (C=O) groups excluding carboxylic acids is 2. The van der Waals surface area contributed by atoms with E-state index in [9.17, 15) is 14.0 Å². The monoisotopic (exact) mass is 376 g/mol. The summed E-state index contributed by atoms with van der Waals surface area (Å²) in [5.41, 5.74) is 1.08. The first-order valence-electron chi connectivity index (χ1n) is 8.50. The standard InChI is InChI=1S/C23H17FO4/c1-27-20-7-4-6-18(15-20)23(26)28-19-12-9-17(10-13-19)22(25)14-11-16-5-2-3-8-21(16)24/h2-15H,1H3/b14-11+. The summed E-state index contributed by atoms with van der Waals surface area (Å²) in [5.74, 6) is -0.350. The quantitative estimate of drug-likeness (QED) is 0.264. The van der Waals surface area contributed by atoms with E-state index in [0.29, 0.717) is 28.2 Å². The molecule has 140 valence electrons. The van der Waals surface area contributed by atoms with Gasteiger partial charge in [-0.05, 0) is 60.7 Å². The number of ether oxygens (including phenoxy) is 2. The zero-order valence-electron chi connectivity index (χ0n) is 15.1. The lowest BCUT2D eigenvalue weighted by molar-refractivity contribution is 0.0734. The van der Waals surface area contributed by atoms with E-state index in [1.165, 1.54) is 37.5 Å². The highest BCUT2D eigenvalue weighted by Crippen LogP contribution is 2.18. The second-order valence-corrected chi connectivity index (χ2v) is 5.86. The molecule has 0 unspecified atom stereocenters. The van der Waals surface area contributed by atoms with Gasteiger partial charge in [0, 0.05) is 11.1 Å². The largest absolute Gasteiger partial charge is 0.497 e. The predicted molar refractivity (Wildman–Crippen MR) is 104 cm³/mol. The molecule has 0 fully saturated rings. The molecule has 3 rings (SSSR count). The van der Waals surface area contributed by atoms with Crippen LogP contribution in [0.3, 0.4) is 0 Å². The molecule has 0 radical (unpaired) electrons. The van der Waals surface area contributed by atoms with Crippen LogP contribution in [0.25, 0.3) is 6.08 Å². The van der Waals surface area contributed by atoms with Crippen LogP contribution in [0, 0.1) is 5.82 Å². The van der Waals surface area contributed by atoms with Gasteiger partial charge in [-0.25, -0.2) is 9.18 Å². The molecular formula is C23H17FO4.